The number of nitrogens with zero attached hydrogens (tertiary/aromatic N) is 1. The van der Waals surface area contributed by atoms with Gasteiger partial charge in [0.15, 0.2) is 0 Å². The minimum atomic E-state index is -0.218. The van der Waals surface area contributed by atoms with Crippen molar-refractivity contribution >= 4 is 34.8 Å². The van der Waals surface area contributed by atoms with Crippen LogP contribution >= 0.6 is 12.4 Å². The van der Waals surface area contributed by atoms with E-state index in [1.54, 1.807) is 0 Å². The quantitative estimate of drug-likeness (QED) is 0.745. The Morgan fingerprint density at radius 3 is 2.96 bits per heavy atom. The van der Waals surface area contributed by atoms with Gasteiger partial charge >= 0.3 is 0 Å². The van der Waals surface area contributed by atoms with Crippen LogP contribution in [0.25, 0.3) is 16.5 Å². The van der Waals surface area contributed by atoms with Gasteiger partial charge in [0, 0.05) is 35.7 Å². The summed E-state index contributed by atoms with van der Waals surface area (Å²) in [4.78, 5) is 18.2. The Balaban J connectivity index is 0.00000121. The average Bonchev–Trinajstić information content (AvgIpc) is 3.00. The van der Waals surface area contributed by atoms with Gasteiger partial charge in [-0.1, -0.05) is 18.2 Å². The highest BCUT2D eigenvalue weighted by Gasteiger charge is 2.35. The van der Waals surface area contributed by atoms with Crippen LogP contribution in [0.1, 0.15) is 18.1 Å². The van der Waals surface area contributed by atoms with E-state index in [0.29, 0.717) is 12.6 Å². The van der Waals surface area contributed by atoms with Crippen LogP contribution in [0, 0.1) is 5.92 Å². The molecule has 0 saturated carbocycles. The van der Waals surface area contributed by atoms with Crippen molar-refractivity contribution in [1.29, 1.82) is 0 Å². The van der Waals surface area contributed by atoms with Crippen LogP contribution < -0.4 is 5.32 Å². The maximum atomic E-state index is 12.5. The van der Waals surface area contributed by atoms with Crippen LogP contribution in [0.5, 0.6) is 0 Å². The molecule has 2 aliphatic rings. The van der Waals surface area contributed by atoms with Gasteiger partial charge in [-0.3, -0.25) is 9.69 Å². The number of carbonyl (C=O) groups excluding carboxylic acids is 1. The summed E-state index contributed by atoms with van der Waals surface area (Å²) in [7, 11) is 2.09. The van der Waals surface area contributed by atoms with Crippen molar-refractivity contribution in [1.82, 2.24) is 15.2 Å². The summed E-state index contributed by atoms with van der Waals surface area (Å²) in [5.41, 5.74) is 4.99. The van der Waals surface area contributed by atoms with Gasteiger partial charge in [0.2, 0.25) is 5.91 Å². The molecule has 26 heavy (non-hydrogen) atoms. The number of aliphatic hydroxyl groups excluding tert-OH is 1. The average molecular weight is 380 g/mol. The van der Waals surface area contributed by atoms with E-state index >= 15 is 0 Å². The second-order valence-electron chi connectivity index (χ2n) is 7.02. The van der Waals surface area contributed by atoms with Crippen molar-refractivity contribution < 1.29 is 15.4 Å². The number of H-pyrrole nitrogens is 1. The van der Waals surface area contributed by atoms with Crippen LogP contribution in [0.15, 0.2) is 30.5 Å². The van der Waals surface area contributed by atoms with E-state index in [0.717, 1.165) is 11.9 Å². The molecule has 5 N–H and O–H groups in total. The molecular formula is C19H26ClN3O3. The molecule has 0 radical (unpaired) electrons. The molecule has 2 aromatic rings. The summed E-state index contributed by atoms with van der Waals surface area (Å²) in [6, 6.07) is 6.42. The van der Waals surface area contributed by atoms with E-state index < -0.39 is 0 Å². The van der Waals surface area contributed by atoms with Crippen molar-refractivity contribution in [2.45, 2.75) is 25.4 Å². The van der Waals surface area contributed by atoms with Gasteiger partial charge in [-0.15, -0.1) is 12.4 Å². The van der Waals surface area contributed by atoms with Gasteiger partial charge in [-0.05, 0) is 43.2 Å². The minimum Gasteiger partial charge on any atom is -0.412 e. The van der Waals surface area contributed by atoms with Crippen molar-refractivity contribution in [3.05, 3.63) is 41.6 Å². The fraction of sp³-hybridized carbons (Fsp3) is 0.421. The van der Waals surface area contributed by atoms with Crippen LogP contribution in [0.4, 0.5) is 0 Å². The Morgan fingerprint density at radius 2 is 2.23 bits per heavy atom. The number of carbonyl (C=O) groups is 1. The van der Waals surface area contributed by atoms with E-state index in [4.69, 9.17) is 5.11 Å². The van der Waals surface area contributed by atoms with Crippen molar-refractivity contribution in [2.24, 2.45) is 5.92 Å². The number of nitrogens with one attached hydrogen (secondary N) is 2. The molecule has 1 aliphatic heterocycles. The molecule has 0 unspecified atom stereocenters. The maximum absolute atomic E-state index is 12.5. The van der Waals surface area contributed by atoms with E-state index in [1.165, 1.54) is 22.1 Å². The van der Waals surface area contributed by atoms with Crippen molar-refractivity contribution in [3.8, 4) is 0 Å². The van der Waals surface area contributed by atoms with E-state index in [9.17, 15) is 4.79 Å². The van der Waals surface area contributed by atoms with Gasteiger partial charge in [0.1, 0.15) is 0 Å². The summed E-state index contributed by atoms with van der Waals surface area (Å²) < 4.78 is 0. The minimum absolute atomic E-state index is 0. The molecule has 0 saturated heterocycles. The first-order valence-corrected chi connectivity index (χ1v) is 8.51. The highest BCUT2D eigenvalue weighted by atomic mass is 35.5. The third kappa shape index (κ3) is 3.25. The Hall–Kier alpha value is -1.86. The predicted molar refractivity (Wildman–Crippen MR) is 105 cm³/mol. The molecule has 3 atom stereocenters. The van der Waals surface area contributed by atoms with Crippen molar-refractivity contribution in [3.63, 3.8) is 0 Å². The van der Waals surface area contributed by atoms with Crippen LogP contribution in [0.3, 0.4) is 0 Å². The van der Waals surface area contributed by atoms with Crippen molar-refractivity contribution in [2.75, 3.05) is 20.2 Å². The summed E-state index contributed by atoms with van der Waals surface area (Å²) in [6.45, 7) is 2.47. The van der Waals surface area contributed by atoms with Gasteiger partial charge in [-0.25, -0.2) is 0 Å². The highest BCUT2D eigenvalue weighted by Crippen LogP contribution is 2.40. The molecule has 1 aliphatic carbocycles. The van der Waals surface area contributed by atoms with Crippen LogP contribution in [-0.2, 0) is 11.2 Å². The standard InChI is InChI=1S/C19H23N3O2.ClH.H2O/c1-11(10-23)21-19(24)13-6-15-14-4-3-5-16-18(14)12(8-20-16)7-17(15)22(2)9-13;;/h3-6,8,11,13,17,20,23H,7,9-10H2,1-2H3,(H,21,24);1H;1H2/t11-,13-,17+;;/m0../s1. The third-order valence-corrected chi connectivity index (χ3v) is 5.27. The molecule has 0 fully saturated rings. The number of aromatic nitrogens is 1. The number of amides is 1. The number of likely N-dealkylation sites (N-methyl/N-ethyl adjacent to an activating group) is 1. The first-order chi connectivity index (χ1) is 11.6. The molecule has 0 spiro atoms. The second-order valence-corrected chi connectivity index (χ2v) is 7.02. The number of aromatic amines is 1. The van der Waals surface area contributed by atoms with Gasteiger partial charge in [0.25, 0.3) is 0 Å². The van der Waals surface area contributed by atoms with Crippen LogP contribution in [-0.4, -0.2) is 58.7 Å². The molecule has 142 valence electrons. The molecule has 1 amide bonds. The lowest BCUT2D eigenvalue weighted by atomic mass is 9.80. The van der Waals surface area contributed by atoms with Gasteiger partial charge in [0.05, 0.1) is 12.5 Å². The lowest BCUT2D eigenvalue weighted by molar-refractivity contribution is -0.125. The topological polar surface area (TPSA) is 99.9 Å². The Labute approximate surface area is 159 Å². The fourth-order valence-corrected chi connectivity index (χ4v) is 4.01. The molecule has 6 nitrogen and oxygen atoms in total. The highest BCUT2D eigenvalue weighted by molar-refractivity contribution is 5.99. The number of hydrogen-bond acceptors (Lipinski definition) is 3. The molecule has 4 rings (SSSR count). The van der Waals surface area contributed by atoms with E-state index in [-0.39, 0.29) is 42.4 Å². The summed E-state index contributed by atoms with van der Waals surface area (Å²) in [5.74, 6) is -0.201. The molecule has 1 aromatic heterocycles. The third-order valence-electron chi connectivity index (χ3n) is 5.27. The molecule has 0 bridgehead atoms. The number of rotatable bonds is 3. The van der Waals surface area contributed by atoms with Crippen LogP contribution in [0.2, 0.25) is 0 Å². The number of halogens is 1. The summed E-state index contributed by atoms with van der Waals surface area (Å²) >= 11 is 0. The Kier molecular flexibility index (Phi) is 6.13. The Bertz CT molecular complexity index is 833. The molecular weight excluding hydrogens is 354 g/mol. The number of fused-ring (bicyclic) bond motifs is 2. The summed E-state index contributed by atoms with van der Waals surface area (Å²) in [6.07, 6.45) is 5.22. The largest absolute Gasteiger partial charge is 0.412 e. The predicted octanol–water partition coefficient (Wildman–Crippen LogP) is 1.13. The smallest absolute Gasteiger partial charge is 0.228 e. The number of benzene rings is 1. The lowest BCUT2D eigenvalue weighted by Crippen LogP contribution is -2.48. The first kappa shape index (κ1) is 20.5. The van der Waals surface area contributed by atoms with E-state index in [1.807, 2.05) is 6.92 Å². The zero-order chi connectivity index (χ0) is 16.8. The Morgan fingerprint density at radius 1 is 1.46 bits per heavy atom. The normalized spacial score (nSPS) is 22.5. The molecule has 7 heteroatoms. The maximum Gasteiger partial charge on any atom is 0.228 e. The summed E-state index contributed by atoms with van der Waals surface area (Å²) in [5, 5.41) is 13.3. The zero-order valence-corrected chi connectivity index (χ0v) is 15.8. The lowest BCUT2D eigenvalue weighted by Gasteiger charge is -2.39. The van der Waals surface area contributed by atoms with Gasteiger partial charge < -0.3 is 20.9 Å². The number of aliphatic hydroxyl groups is 1. The molecule has 2 heterocycles. The zero-order valence-electron chi connectivity index (χ0n) is 15.0. The SMILES string of the molecule is C[C@@H](CO)NC(=O)[C@H]1C=C2c3cccc4[nH]cc(c34)C[C@H]2N(C)C1.Cl.O. The molecule has 1 aromatic carbocycles. The first-order valence-electron chi connectivity index (χ1n) is 8.51. The number of hydrogen-bond donors (Lipinski definition) is 3. The second kappa shape index (κ2) is 7.80. The monoisotopic (exact) mass is 379 g/mol. The fourth-order valence-electron chi connectivity index (χ4n) is 4.01. The van der Waals surface area contributed by atoms with Gasteiger partial charge in [-0.2, -0.15) is 0 Å². The van der Waals surface area contributed by atoms with E-state index in [2.05, 4.69) is 52.7 Å².